The number of ether oxygens (including phenoxy) is 1. The summed E-state index contributed by atoms with van der Waals surface area (Å²) in [4.78, 5) is 5.92. The SMILES string of the molecule is Cc1nc(C(C)NC2CCOC2C)c(C)s1. The second-order valence-corrected chi connectivity index (χ2v) is 5.94. The standard InChI is InChI=1S/C12H20N2OS/c1-7(12-9(3)16-10(4)14-12)13-11-5-6-15-8(11)2/h7-8,11,13H,5-6H2,1-4H3. The molecule has 3 unspecified atom stereocenters. The molecule has 4 heteroatoms. The van der Waals surface area contributed by atoms with Crippen molar-refractivity contribution in [3.8, 4) is 0 Å². The number of aryl methyl sites for hydroxylation is 2. The first-order valence-electron chi connectivity index (χ1n) is 5.89. The molecule has 1 N–H and O–H groups in total. The lowest BCUT2D eigenvalue weighted by Gasteiger charge is -2.21. The van der Waals surface area contributed by atoms with E-state index in [1.54, 1.807) is 11.3 Å². The lowest BCUT2D eigenvalue weighted by molar-refractivity contribution is 0.111. The first kappa shape index (κ1) is 12.0. The molecule has 1 aliphatic heterocycles. The lowest BCUT2D eigenvalue weighted by atomic mass is 10.1. The highest BCUT2D eigenvalue weighted by Gasteiger charge is 2.26. The van der Waals surface area contributed by atoms with Gasteiger partial charge in [0.25, 0.3) is 0 Å². The molecule has 2 heterocycles. The van der Waals surface area contributed by atoms with Crippen LogP contribution in [0.5, 0.6) is 0 Å². The number of nitrogens with zero attached hydrogens (tertiary/aromatic N) is 1. The fourth-order valence-corrected chi connectivity index (χ4v) is 3.21. The van der Waals surface area contributed by atoms with E-state index >= 15 is 0 Å². The molecule has 0 aliphatic carbocycles. The van der Waals surface area contributed by atoms with E-state index in [0.29, 0.717) is 18.2 Å². The molecule has 1 saturated heterocycles. The molecule has 1 fully saturated rings. The van der Waals surface area contributed by atoms with Crippen molar-refractivity contribution in [1.82, 2.24) is 10.3 Å². The largest absolute Gasteiger partial charge is 0.377 e. The number of thiazole rings is 1. The molecule has 1 aliphatic rings. The van der Waals surface area contributed by atoms with Crippen LogP contribution in [0.2, 0.25) is 0 Å². The summed E-state index contributed by atoms with van der Waals surface area (Å²) in [6, 6.07) is 0.788. The Labute approximate surface area is 101 Å². The summed E-state index contributed by atoms with van der Waals surface area (Å²) in [5, 5.41) is 4.77. The molecule has 1 aromatic rings. The second-order valence-electron chi connectivity index (χ2n) is 4.53. The van der Waals surface area contributed by atoms with Crippen molar-refractivity contribution in [2.24, 2.45) is 0 Å². The summed E-state index contributed by atoms with van der Waals surface area (Å²) in [7, 11) is 0. The number of nitrogens with one attached hydrogen (secondary N) is 1. The fourth-order valence-electron chi connectivity index (χ4n) is 2.30. The highest BCUT2D eigenvalue weighted by atomic mass is 32.1. The summed E-state index contributed by atoms with van der Waals surface area (Å²) in [5.74, 6) is 0. The minimum absolute atomic E-state index is 0.319. The van der Waals surface area contributed by atoms with Crippen molar-refractivity contribution in [2.45, 2.75) is 52.3 Å². The third-order valence-corrected chi connectivity index (χ3v) is 4.09. The van der Waals surface area contributed by atoms with Crippen molar-refractivity contribution >= 4 is 11.3 Å². The molecule has 16 heavy (non-hydrogen) atoms. The summed E-state index contributed by atoms with van der Waals surface area (Å²) in [6.45, 7) is 9.41. The van der Waals surface area contributed by atoms with Gasteiger partial charge in [-0.25, -0.2) is 4.98 Å². The molecular weight excluding hydrogens is 220 g/mol. The molecule has 0 saturated carbocycles. The van der Waals surface area contributed by atoms with Gasteiger partial charge in [0, 0.05) is 23.6 Å². The van der Waals surface area contributed by atoms with E-state index in [1.807, 2.05) is 0 Å². The molecule has 0 radical (unpaired) electrons. The van der Waals surface area contributed by atoms with Crippen molar-refractivity contribution in [3.63, 3.8) is 0 Å². The minimum Gasteiger partial charge on any atom is -0.377 e. The maximum Gasteiger partial charge on any atom is 0.0900 e. The summed E-state index contributed by atoms with van der Waals surface area (Å²) in [5.41, 5.74) is 1.20. The Kier molecular flexibility index (Phi) is 3.62. The first-order chi connectivity index (χ1) is 7.58. The van der Waals surface area contributed by atoms with Gasteiger partial charge in [0.15, 0.2) is 0 Å². The predicted octanol–water partition coefficient (Wildman–Crippen LogP) is 2.59. The third kappa shape index (κ3) is 2.44. The van der Waals surface area contributed by atoms with E-state index in [4.69, 9.17) is 4.74 Å². The Hall–Kier alpha value is -0.450. The average molecular weight is 240 g/mol. The van der Waals surface area contributed by atoms with Gasteiger partial charge < -0.3 is 10.1 Å². The zero-order valence-electron chi connectivity index (χ0n) is 10.4. The van der Waals surface area contributed by atoms with Gasteiger partial charge in [-0.3, -0.25) is 0 Å². The smallest absolute Gasteiger partial charge is 0.0900 e. The van der Waals surface area contributed by atoms with Crippen LogP contribution in [0.1, 0.15) is 41.9 Å². The Morgan fingerprint density at radius 3 is 2.75 bits per heavy atom. The van der Waals surface area contributed by atoms with Gasteiger partial charge in [-0.05, 0) is 34.1 Å². The number of hydrogen-bond donors (Lipinski definition) is 1. The van der Waals surface area contributed by atoms with Gasteiger partial charge in [0.1, 0.15) is 0 Å². The Morgan fingerprint density at radius 1 is 1.50 bits per heavy atom. The van der Waals surface area contributed by atoms with Crippen molar-refractivity contribution in [1.29, 1.82) is 0 Å². The normalized spacial score (nSPS) is 27.2. The summed E-state index contributed by atoms with van der Waals surface area (Å²) in [6.07, 6.45) is 1.43. The first-order valence-corrected chi connectivity index (χ1v) is 6.71. The Bertz CT molecular complexity index is 364. The van der Waals surface area contributed by atoms with Gasteiger partial charge in [0.05, 0.1) is 16.8 Å². The van der Waals surface area contributed by atoms with Crippen molar-refractivity contribution < 1.29 is 4.74 Å². The van der Waals surface area contributed by atoms with Crippen molar-refractivity contribution in [3.05, 3.63) is 15.6 Å². The molecule has 3 atom stereocenters. The van der Waals surface area contributed by atoms with Crippen LogP contribution in [0.15, 0.2) is 0 Å². The van der Waals surface area contributed by atoms with Gasteiger partial charge in [-0.1, -0.05) is 0 Å². The highest BCUT2D eigenvalue weighted by molar-refractivity contribution is 7.11. The van der Waals surface area contributed by atoms with E-state index in [2.05, 4.69) is 38.0 Å². The van der Waals surface area contributed by atoms with E-state index in [-0.39, 0.29) is 0 Å². The fraction of sp³-hybridized carbons (Fsp3) is 0.750. The van der Waals surface area contributed by atoms with Crippen LogP contribution >= 0.6 is 11.3 Å². The molecule has 90 valence electrons. The highest BCUT2D eigenvalue weighted by Crippen LogP contribution is 2.24. The van der Waals surface area contributed by atoms with Crippen LogP contribution in [-0.2, 0) is 4.74 Å². The van der Waals surface area contributed by atoms with E-state index < -0.39 is 0 Å². The molecule has 0 amide bonds. The average Bonchev–Trinajstić information content (AvgIpc) is 2.74. The topological polar surface area (TPSA) is 34.2 Å². The zero-order chi connectivity index (χ0) is 11.7. The van der Waals surface area contributed by atoms with Gasteiger partial charge in [0.2, 0.25) is 0 Å². The predicted molar refractivity (Wildman–Crippen MR) is 67.0 cm³/mol. The second kappa shape index (κ2) is 4.82. The van der Waals surface area contributed by atoms with E-state index in [0.717, 1.165) is 18.0 Å². The van der Waals surface area contributed by atoms with Crippen molar-refractivity contribution in [2.75, 3.05) is 6.61 Å². The maximum atomic E-state index is 5.56. The number of rotatable bonds is 3. The van der Waals surface area contributed by atoms with E-state index in [9.17, 15) is 0 Å². The summed E-state index contributed by atoms with van der Waals surface area (Å²) < 4.78 is 5.56. The molecule has 1 aromatic heterocycles. The van der Waals surface area contributed by atoms with Crippen LogP contribution in [0, 0.1) is 13.8 Å². The van der Waals surface area contributed by atoms with Crippen LogP contribution in [0.3, 0.4) is 0 Å². The number of hydrogen-bond acceptors (Lipinski definition) is 4. The van der Waals surface area contributed by atoms with Crippen LogP contribution in [0.4, 0.5) is 0 Å². The quantitative estimate of drug-likeness (QED) is 0.882. The maximum absolute atomic E-state index is 5.56. The third-order valence-electron chi connectivity index (χ3n) is 3.19. The van der Waals surface area contributed by atoms with Gasteiger partial charge in [-0.2, -0.15) is 0 Å². The molecule has 0 bridgehead atoms. The van der Waals surface area contributed by atoms with Gasteiger partial charge >= 0.3 is 0 Å². The Balaban J connectivity index is 2.02. The lowest BCUT2D eigenvalue weighted by Crippen LogP contribution is -2.36. The summed E-state index contributed by atoms with van der Waals surface area (Å²) >= 11 is 1.77. The Morgan fingerprint density at radius 2 is 2.25 bits per heavy atom. The van der Waals surface area contributed by atoms with Crippen LogP contribution < -0.4 is 5.32 Å². The van der Waals surface area contributed by atoms with E-state index in [1.165, 1.54) is 10.6 Å². The van der Waals surface area contributed by atoms with Gasteiger partial charge in [-0.15, -0.1) is 11.3 Å². The molecule has 2 rings (SSSR count). The van der Waals surface area contributed by atoms with Crippen LogP contribution in [-0.4, -0.2) is 23.7 Å². The molecule has 0 spiro atoms. The molecule has 0 aromatic carbocycles. The zero-order valence-corrected chi connectivity index (χ0v) is 11.2. The molecular formula is C12H20N2OS. The molecule has 3 nitrogen and oxygen atoms in total. The minimum atomic E-state index is 0.319. The monoisotopic (exact) mass is 240 g/mol. The van der Waals surface area contributed by atoms with Crippen LogP contribution in [0.25, 0.3) is 0 Å². The number of aromatic nitrogens is 1.